The third-order valence-electron chi connectivity index (χ3n) is 10.5. The first-order valence-corrected chi connectivity index (χ1v) is 18.2. The molecule has 2 aliphatic carbocycles. The number of rotatable bonds is 10. The number of hydrogen-bond acceptors (Lipinski definition) is 6. The van der Waals surface area contributed by atoms with E-state index in [1.165, 1.54) is 0 Å². The highest BCUT2D eigenvalue weighted by molar-refractivity contribution is 5.70. The number of aryl methyl sites for hydroxylation is 2. The molecule has 49 heavy (non-hydrogen) atoms. The first kappa shape index (κ1) is 38.5. The highest BCUT2D eigenvalue weighted by atomic mass is 16.5. The summed E-state index contributed by atoms with van der Waals surface area (Å²) >= 11 is 0. The first-order valence-electron chi connectivity index (χ1n) is 18.2. The Morgan fingerprint density at radius 2 is 0.857 bits per heavy atom. The van der Waals surface area contributed by atoms with Crippen molar-refractivity contribution >= 4 is 11.9 Å². The van der Waals surface area contributed by atoms with Crippen molar-refractivity contribution in [1.82, 2.24) is 0 Å². The number of phenols is 2. The second-order valence-electron chi connectivity index (χ2n) is 18.7. The number of carbonyl (C=O) groups excluding carboxylic acids is 2. The maximum absolute atomic E-state index is 13.0. The molecule has 1 fully saturated rings. The summed E-state index contributed by atoms with van der Waals surface area (Å²) in [6, 6.07) is 8.10. The molecule has 2 aliphatic rings. The molecule has 2 N–H and O–H groups in total. The minimum absolute atomic E-state index is 0.126. The fourth-order valence-corrected chi connectivity index (χ4v) is 7.50. The molecule has 4 rings (SSSR count). The van der Waals surface area contributed by atoms with Crippen molar-refractivity contribution in [3.05, 3.63) is 69.8 Å². The van der Waals surface area contributed by atoms with Crippen LogP contribution < -0.4 is 0 Å². The predicted octanol–water partition coefficient (Wildman–Crippen LogP) is 9.38. The van der Waals surface area contributed by atoms with Crippen LogP contribution in [-0.4, -0.2) is 35.4 Å². The molecule has 2 aromatic carbocycles. The number of benzene rings is 2. The van der Waals surface area contributed by atoms with Crippen LogP contribution in [0.2, 0.25) is 0 Å². The zero-order chi connectivity index (χ0) is 36.7. The van der Waals surface area contributed by atoms with Gasteiger partial charge in [-0.05, 0) is 86.1 Å². The quantitative estimate of drug-likeness (QED) is 0.193. The number of hydrogen-bond donors (Lipinski definition) is 2. The summed E-state index contributed by atoms with van der Waals surface area (Å²) in [5.74, 6) is 1.12. The molecule has 0 aromatic heterocycles. The molecule has 270 valence electrons. The third kappa shape index (κ3) is 9.29. The monoisotopic (exact) mass is 674 g/mol. The average molecular weight is 675 g/mol. The number of ether oxygens (including phenoxy) is 2. The average Bonchev–Trinajstić information content (AvgIpc) is 3.57. The van der Waals surface area contributed by atoms with Crippen molar-refractivity contribution in [2.45, 2.75) is 137 Å². The van der Waals surface area contributed by atoms with E-state index in [0.717, 1.165) is 39.8 Å². The van der Waals surface area contributed by atoms with Gasteiger partial charge < -0.3 is 19.7 Å². The van der Waals surface area contributed by atoms with E-state index in [0.29, 0.717) is 49.4 Å². The van der Waals surface area contributed by atoms with E-state index in [1.54, 1.807) is 0 Å². The Morgan fingerprint density at radius 1 is 0.571 bits per heavy atom. The van der Waals surface area contributed by atoms with E-state index >= 15 is 0 Å². The molecule has 6 heteroatoms. The highest BCUT2D eigenvalue weighted by Gasteiger charge is 2.45. The summed E-state index contributed by atoms with van der Waals surface area (Å²) in [4.78, 5) is 26.0. The van der Waals surface area contributed by atoms with E-state index < -0.39 is 0 Å². The minimum atomic E-state index is -0.233. The van der Waals surface area contributed by atoms with E-state index in [-0.39, 0.29) is 58.3 Å². The molecular formula is C43H62O6. The maximum Gasteiger partial charge on any atom is 0.306 e. The van der Waals surface area contributed by atoms with Gasteiger partial charge in [0, 0.05) is 24.7 Å². The Balaban J connectivity index is 1.34. The SMILES string of the molecule is CC(C)(C)c1cc(CCC(=O)OC[C@@H]2[C@H](COC(=O)CCc3cc(C(C)(C)C)c(O)c(C(C)(C)C)c3)[C@@H]3C=C[C@H]2C3)cc(C(C)(C)C)c1O. The van der Waals surface area contributed by atoms with Crippen LogP contribution in [0, 0.1) is 23.7 Å². The summed E-state index contributed by atoms with van der Waals surface area (Å²) in [6.07, 6.45) is 7.06. The van der Waals surface area contributed by atoms with Crippen LogP contribution in [0.15, 0.2) is 36.4 Å². The van der Waals surface area contributed by atoms with Crippen molar-refractivity contribution in [3.8, 4) is 11.5 Å². The van der Waals surface area contributed by atoms with Gasteiger partial charge in [0.25, 0.3) is 0 Å². The first-order chi connectivity index (χ1) is 22.5. The lowest BCUT2D eigenvalue weighted by Gasteiger charge is -2.28. The second kappa shape index (κ2) is 14.2. The van der Waals surface area contributed by atoms with Gasteiger partial charge in [-0.1, -0.05) is 120 Å². The fourth-order valence-electron chi connectivity index (χ4n) is 7.50. The zero-order valence-electron chi connectivity index (χ0n) is 32.3. The summed E-state index contributed by atoms with van der Waals surface area (Å²) in [6.45, 7) is 25.7. The van der Waals surface area contributed by atoms with Crippen LogP contribution in [0.5, 0.6) is 11.5 Å². The van der Waals surface area contributed by atoms with E-state index in [1.807, 2.05) is 24.3 Å². The topological polar surface area (TPSA) is 93.1 Å². The summed E-state index contributed by atoms with van der Waals surface area (Å²) in [7, 11) is 0. The maximum atomic E-state index is 13.0. The molecule has 4 atom stereocenters. The summed E-state index contributed by atoms with van der Waals surface area (Å²) < 4.78 is 11.7. The van der Waals surface area contributed by atoms with E-state index in [9.17, 15) is 19.8 Å². The lowest BCUT2D eigenvalue weighted by molar-refractivity contribution is -0.149. The molecule has 6 nitrogen and oxygen atoms in total. The summed E-state index contributed by atoms with van der Waals surface area (Å²) in [5, 5.41) is 22.1. The molecule has 0 radical (unpaired) electrons. The molecular weight excluding hydrogens is 612 g/mol. The number of fused-ring (bicyclic) bond motifs is 2. The van der Waals surface area contributed by atoms with Gasteiger partial charge in [0.15, 0.2) is 0 Å². The van der Waals surface area contributed by atoms with Crippen LogP contribution in [0.25, 0.3) is 0 Å². The lowest BCUT2D eigenvalue weighted by atomic mass is 9.78. The van der Waals surface area contributed by atoms with Crippen molar-refractivity contribution in [2.75, 3.05) is 13.2 Å². The fraction of sp³-hybridized carbons (Fsp3) is 0.628. The lowest BCUT2D eigenvalue weighted by Crippen LogP contribution is -2.30. The van der Waals surface area contributed by atoms with Crippen molar-refractivity contribution < 1.29 is 29.3 Å². The minimum Gasteiger partial charge on any atom is -0.507 e. The van der Waals surface area contributed by atoms with Crippen molar-refractivity contribution in [2.24, 2.45) is 23.7 Å². The van der Waals surface area contributed by atoms with Gasteiger partial charge in [-0.15, -0.1) is 0 Å². The normalized spacial score (nSPS) is 20.9. The van der Waals surface area contributed by atoms with Gasteiger partial charge in [0.1, 0.15) is 11.5 Å². The molecule has 0 unspecified atom stereocenters. The summed E-state index contributed by atoms with van der Waals surface area (Å²) in [5.41, 5.74) is 4.68. The molecule has 0 spiro atoms. The molecule has 0 saturated heterocycles. The predicted molar refractivity (Wildman–Crippen MR) is 197 cm³/mol. The van der Waals surface area contributed by atoms with Crippen LogP contribution >= 0.6 is 0 Å². The van der Waals surface area contributed by atoms with E-state index in [4.69, 9.17) is 9.47 Å². The Bertz CT molecular complexity index is 1370. The highest BCUT2D eigenvalue weighted by Crippen LogP contribution is 2.48. The molecule has 0 heterocycles. The smallest absolute Gasteiger partial charge is 0.306 e. The number of allylic oxidation sites excluding steroid dienone is 2. The van der Waals surface area contributed by atoms with Crippen molar-refractivity contribution in [3.63, 3.8) is 0 Å². The van der Waals surface area contributed by atoms with Crippen LogP contribution in [0.3, 0.4) is 0 Å². The second-order valence-corrected chi connectivity index (χ2v) is 18.7. The molecule has 2 aromatic rings. The molecule has 0 aliphatic heterocycles. The van der Waals surface area contributed by atoms with Gasteiger partial charge in [-0.3, -0.25) is 9.59 Å². The Morgan fingerprint density at radius 3 is 1.12 bits per heavy atom. The van der Waals surface area contributed by atoms with E-state index in [2.05, 4.69) is 95.2 Å². The van der Waals surface area contributed by atoms with Crippen LogP contribution in [0.1, 0.15) is 136 Å². The van der Waals surface area contributed by atoms with Crippen LogP contribution in [-0.2, 0) is 53.6 Å². The number of phenolic OH excluding ortho intramolecular Hbond substituents is 2. The Labute approximate surface area is 295 Å². The standard InChI is InChI=1S/C43H62O6/c1-40(2,3)32-19-26(20-33(38(32)46)41(4,5)6)13-17-36(44)48-24-30-28-15-16-29(23-28)31(30)25-49-37(45)18-14-27-21-34(42(7,8)9)39(47)35(22-27)43(10,11)12/h15-16,19-22,28-31,46-47H,13-14,17-18,23-25H2,1-12H3/t28-,29+,30-,31+. The largest absolute Gasteiger partial charge is 0.507 e. The third-order valence-corrected chi connectivity index (χ3v) is 10.5. The molecule has 2 bridgehead atoms. The van der Waals surface area contributed by atoms with Gasteiger partial charge in [-0.25, -0.2) is 0 Å². The number of esters is 2. The van der Waals surface area contributed by atoms with Gasteiger partial charge in [-0.2, -0.15) is 0 Å². The number of carbonyl (C=O) groups is 2. The number of aromatic hydroxyl groups is 2. The Kier molecular flexibility index (Phi) is 11.1. The van der Waals surface area contributed by atoms with Crippen LogP contribution in [0.4, 0.5) is 0 Å². The van der Waals surface area contributed by atoms with Gasteiger partial charge in [0.05, 0.1) is 13.2 Å². The zero-order valence-corrected chi connectivity index (χ0v) is 32.3. The van der Waals surface area contributed by atoms with Crippen molar-refractivity contribution in [1.29, 1.82) is 0 Å². The van der Waals surface area contributed by atoms with Gasteiger partial charge >= 0.3 is 11.9 Å². The van der Waals surface area contributed by atoms with Gasteiger partial charge in [0.2, 0.25) is 0 Å². The Hall–Kier alpha value is -3.28. The molecule has 1 saturated carbocycles. The molecule has 0 amide bonds.